The molecular weight excluding hydrogens is 496 g/mol. The van der Waals surface area contributed by atoms with E-state index < -0.39 is 4.92 Å². The van der Waals surface area contributed by atoms with Crippen LogP contribution in [0.25, 0.3) is 27.9 Å². The van der Waals surface area contributed by atoms with Crippen LogP contribution in [0.15, 0.2) is 72.8 Å². The van der Waals surface area contributed by atoms with Crippen LogP contribution in [0.5, 0.6) is 0 Å². The van der Waals surface area contributed by atoms with Crippen molar-refractivity contribution < 1.29 is 9.72 Å². The Morgan fingerprint density at radius 3 is 2.64 bits per heavy atom. The monoisotopic (exact) mass is 518 g/mol. The Bertz CT molecular complexity index is 1810. The third-order valence-corrected chi connectivity index (χ3v) is 6.98. The van der Waals surface area contributed by atoms with Gasteiger partial charge in [0.05, 0.1) is 27.6 Å². The molecule has 0 bridgehead atoms. The average molecular weight is 519 g/mol. The first-order valence-electron chi connectivity index (χ1n) is 12.4. The van der Waals surface area contributed by atoms with E-state index in [0.717, 1.165) is 10.9 Å². The van der Waals surface area contributed by atoms with Crippen LogP contribution in [0, 0.1) is 21.4 Å². The molecule has 5 aromatic rings. The number of aromatic nitrogens is 4. The Morgan fingerprint density at radius 1 is 1.05 bits per heavy atom. The molecule has 39 heavy (non-hydrogen) atoms. The highest BCUT2D eigenvalue weighted by Crippen LogP contribution is 2.33. The minimum atomic E-state index is -0.432. The van der Waals surface area contributed by atoms with Crippen molar-refractivity contribution in [1.82, 2.24) is 24.5 Å². The van der Waals surface area contributed by atoms with Gasteiger partial charge in [0.2, 0.25) is 5.95 Å². The van der Waals surface area contributed by atoms with Gasteiger partial charge in [0.1, 0.15) is 0 Å². The number of anilines is 1. The molecule has 0 radical (unpaired) electrons. The summed E-state index contributed by atoms with van der Waals surface area (Å²) in [6, 6.07) is 22.6. The number of carbonyl (C=O) groups excluding carboxylic acids is 1. The molecule has 0 spiro atoms. The number of nitriles is 1. The molecule has 11 nitrogen and oxygen atoms in total. The first kappa shape index (κ1) is 24.0. The van der Waals surface area contributed by atoms with Crippen LogP contribution in [0.1, 0.15) is 22.8 Å². The normalized spacial score (nSPS) is 15.4. The Kier molecular flexibility index (Phi) is 5.84. The highest BCUT2D eigenvalue weighted by molar-refractivity contribution is 5.95. The van der Waals surface area contributed by atoms with Crippen LogP contribution >= 0.6 is 0 Å². The SMILES string of the molecule is C[C@H]1CN(c2nc3ccccc3c3nnc(-c4ccccc4[N+](=O)[O-])n23)CCN1C(=O)c1cccc(C#N)c1. The molecule has 11 heteroatoms. The number of rotatable bonds is 4. The lowest BCUT2D eigenvalue weighted by Crippen LogP contribution is -2.54. The average Bonchev–Trinajstić information content (AvgIpc) is 3.42. The molecule has 0 saturated carbocycles. The van der Waals surface area contributed by atoms with Crippen molar-refractivity contribution in [2.45, 2.75) is 13.0 Å². The fourth-order valence-corrected chi connectivity index (χ4v) is 5.10. The van der Waals surface area contributed by atoms with E-state index in [4.69, 9.17) is 4.98 Å². The van der Waals surface area contributed by atoms with E-state index in [2.05, 4.69) is 21.2 Å². The number of piperazine rings is 1. The molecule has 0 aliphatic carbocycles. The van der Waals surface area contributed by atoms with Crippen LogP contribution in [-0.4, -0.2) is 61.0 Å². The Hall–Kier alpha value is -5.37. The number of fused-ring (bicyclic) bond motifs is 3. The molecule has 3 heterocycles. The molecule has 1 aliphatic heterocycles. The van der Waals surface area contributed by atoms with Crippen molar-refractivity contribution in [2.75, 3.05) is 24.5 Å². The third kappa shape index (κ3) is 4.08. The van der Waals surface area contributed by atoms with Crippen LogP contribution in [-0.2, 0) is 0 Å². The summed E-state index contributed by atoms with van der Waals surface area (Å²) < 4.78 is 1.77. The maximum atomic E-state index is 13.3. The third-order valence-electron chi connectivity index (χ3n) is 6.98. The minimum absolute atomic E-state index is 0.0747. The number of hydrogen-bond donors (Lipinski definition) is 0. The molecule has 1 fully saturated rings. The van der Waals surface area contributed by atoms with Gasteiger partial charge in [-0.25, -0.2) is 9.38 Å². The molecule has 6 rings (SSSR count). The van der Waals surface area contributed by atoms with Gasteiger partial charge in [0.15, 0.2) is 11.5 Å². The summed E-state index contributed by atoms with van der Waals surface area (Å²) >= 11 is 0. The lowest BCUT2D eigenvalue weighted by Gasteiger charge is -2.40. The van der Waals surface area contributed by atoms with Crippen molar-refractivity contribution in [3.63, 3.8) is 0 Å². The molecule has 2 aromatic heterocycles. The topological polar surface area (TPSA) is 134 Å². The van der Waals surface area contributed by atoms with Crippen molar-refractivity contribution in [3.05, 3.63) is 94.0 Å². The zero-order chi connectivity index (χ0) is 27.1. The van der Waals surface area contributed by atoms with Crippen LogP contribution in [0.2, 0.25) is 0 Å². The maximum absolute atomic E-state index is 13.3. The standard InChI is InChI=1S/C28H22N8O3/c1-18-17-33(13-14-34(18)27(37)20-8-6-7-19(15-20)16-29)28-30-23-11-4-2-9-21(23)25-31-32-26(35(25)28)22-10-3-5-12-24(22)36(38)39/h2-12,15,18H,13-14,17H2,1H3/t18-/m0/s1. The van der Waals surface area contributed by atoms with Gasteiger partial charge < -0.3 is 9.80 Å². The predicted molar refractivity (Wildman–Crippen MR) is 144 cm³/mol. The van der Waals surface area contributed by atoms with E-state index in [9.17, 15) is 20.2 Å². The van der Waals surface area contributed by atoms with Gasteiger partial charge in [0.25, 0.3) is 11.6 Å². The highest BCUT2D eigenvalue weighted by atomic mass is 16.6. The van der Waals surface area contributed by atoms with E-state index in [0.29, 0.717) is 53.7 Å². The summed E-state index contributed by atoms with van der Waals surface area (Å²) in [5.41, 5.74) is 2.44. The maximum Gasteiger partial charge on any atom is 0.280 e. The van der Waals surface area contributed by atoms with Gasteiger partial charge in [-0.05, 0) is 43.3 Å². The lowest BCUT2D eigenvalue weighted by molar-refractivity contribution is -0.384. The molecular formula is C28H22N8O3. The minimum Gasteiger partial charge on any atom is -0.338 e. The number of benzene rings is 3. The number of nitro benzene ring substituents is 1. The summed E-state index contributed by atoms with van der Waals surface area (Å²) in [7, 11) is 0. The summed E-state index contributed by atoms with van der Waals surface area (Å²) in [5.74, 6) is 0.734. The second kappa shape index (κ2) is 9.50. The number of nitrogens with zero attached hydrogens (tertiary/aromatic N) is 8. The fourth-order valence-electron chi connectivity index (χ4n) is 5.10. The van der Waals surface area contributed by atoms with Gasteiger partial charge in [0, 0.05) is 42.7 Å². The van der Waals surface area contributed by atoms with Crippen molar-refractivity contribution >= 4 is 34.1 Å². The van der Waals surface area contributed by atoms with Crippen molar-refractivity contribution in [1.29, 1.82) is 5.26 Å². The Balaban J connectivity index is 1.43. The molecule has 1 atom stereocenters. The van der Waals surface area contributed by atoms with Crippen molar-refractivity contribution in [3.8, 4) is 17.5 Å². The van der Waals surface area contributed by atoms with Gasteiger partial charge >= 0.3 is 0 Å². The van der Waals surface area contributed by atoms with Crippen LogP contribution in [0.3, 0.4) is 0 Å². The van der Waals surface area contributed by atoms with Crippen LogP contribution < -0.4 is 4.90 Å². The summed E-state index contributed by atoms with van der Waals surface area (Å²) in [4.78, 5) is 33.5. The predicted octanol–water partition coefficient (Wildman–Crippen LogP) is 4.08. The second-order valence-electron chi connectivity index (χ2n) is 9.37. The summed E-state index contributed by atoms with van der Waals surface area (Å²) in [5, 5.41) is 30.6. The van der Waals surface area contributed by atoms with Crippen molar-refractivity contribution in [2.24, 2.45) is 0 Å². The van der Waals surface area contributed by atoms with Gasteiger partial charge in [-0.2, -0.15) is 5.26 Å². The molecule has 0 N–H and O–H groups in total. The van der Waals surface area contributed by atoms with Gasteiger partial charge in [-0.1, -0.05) is 30.3 Å². The van der Waals surface area contributed by atoms with E-state index in [1.54, 1.807) is 51.8 Å². The zero-order valence-corrected chi connectivity index (χ0v) is 20.9. The molecule has 1 amide bonds. The number of amides is 1. The Labute approximate surface area is 222 Å². The van der Waals surface area contributed by atoms with E-state index >= 15 is 0 Å². The first-order chi connectivity index (χ1) is 19.0. The number of hydrogen-bond acceptors (Lipinski definition) is 8. The quantitative estimate of drug-likeness (QED) is 0.257. The molecule has 0 unspecified atom stereocenters. The van der Waals surface area contributed by atoms with E-state index in [1.807, 2.05) is 31.2 Å². The second-order valence-corrected chi connectivity index (χ2v) is 9.37. The highest BCUT2D eigenvalue weighted by Gasteiger charge is 2.31. The van der Waals surface area contributed by atoms with Crippen LogP contribution in [0.4, 0.5) is 11.6 Å². The molecule has 3 aromatic carbocycles. The number of para-hydroxylation sites is 2. The lowest BCUT2D eigenvalue weighted by atomic mass is 10.1. The summed E-state index contributed by atoms with van der Waals surface area (Å²) in [6.07, 6.45) is 0. The Morgan fingerprint density at radius 2 is 1.85 bits per heavy atom. The number of carbonyl (C=O) groups is 1. The van der Waals surface area contributed by atoms with Gasteiger partial charge in [-0.15, -0.1) is 10.2 Å². The summed E-state index contributed by atoms with van der Waals surface area (Å²) in [6.45, 7) is 3.34. The van der Waals surface area contributed by atoms with Gasteiger partial charge in [-0.3, -0.25) is 14.9 Å². The fraction of sp³-hybridized carbons (Fsp3) is 0.179. The smallest absolute Gasteiger partial charge is 0.280 e. The largest absolute Gasteiger partial charge is 0.338 e. The first-order valence-corrected chi connectivity index (χ1v) is 12.4. The van der Waals surface area contributed by atoms with E-state index in [1.165, 1.54) is 6.07 Å². The molecule has 1 saturated heterocycles. The van der Waals surface area contributed by atoms with E-state index in [-0.39, 0.29) is 17.6 Å². The molecule has 192 valence electrons. The zero-order valence-electron chi connectivity index (χ0n) is 20.9. The number of nitro groups is 1. The molecule has 1 aliphatic rings.